The second kappa shape index (κ2) is 6.21. The molecule has 0 aliphatic heterocycles. The number of methoxy groups -OCH3 is 1. The lowest BCUT2D eigenvalue weighted by Crippen LogP contribution is -2.28. The molecule has 4 nitrogen and oxygen atoms in total. The fourth-order valence-electron chi connectivity index (χ4n) is 1.89. The van der Waals surface area contributed by atoms with Crippen LogP contribution in [-0.2, 0) is 4.79 Å². The lowest BCUT2D eigenvalue weighted by atomic mass is 10.0. The van der Waals surface area contributed by atoms with Crippen LogP contribution in [0.4, 0.5) is 14.5 Å². The van der Waals surface area contributed by atoms with Crippen molar-refractivity contribution in [3.63, 3.8) is 0 Å². The van der Waals surface area contributed by atoms with Gasteiger partial charge in [0, 0.05) is 17.3 Å². The van der Waals surface area contributed by atoms with Crippen LogP contribution in [0.25, 0.3) is 0 Å². The van der Waals surface area contributed by atoms with E-state index < -0.39 is 23.6 Å². The largest absolute Gasteiger partial charge is 0.497 e. The van der Waals surface area contributed by atoms with E-state index in [1.807, 2.05) is 0 Å². The van der Waals surface area contributed by atoms with E-state index in [-0.39, 0.29) is 5.56 Å². The number of nitrogens with two attached hydrogens (primary N) is 1. The summed E-state index contributed by atoms with van der Waals surface area (Å²) in [6.45, 7) is 0. The van der Waals surface area contributed by atoms with Gasteiger partial charge in [0.15, 0.2) is 0 Å². The van der Waals surface area contributed by atoms with Crippen LogP contribution < -0.4 is 15.8 Å². The Bertz CT molecular complexity index is 645. The number of carbonyl (C=O) groups is 1. The van der Waals surface area contributed by atoms with Crippen molar-refractivity contribution in [2.45, 2.75) is 6.04 Å². The van der Waals surface area contributed by atoms with Gasteiger partial charge in [-0.15, -0.1) is 0 Å². The zero-order valence-corrected chi connectivity index (χ0v) is 11.3. The van der Waals surface area contributed by atoms with Crippen LogP contribution in [0.5, 0.6) is 5.75 Å². The van der Waals surface area contributed by atoms with Crippen LogP contribution in [-0.4, -0.2) is 13.0 Å². The number of benzene rings is 2. The number of hydrogen-bond donors (Lipinski definition) is 2. The van der Waals surface area contributed by atoms with Crippen molar-refractivity contribution in [2.75, 3.05) is 12.4 Å². The molecule has 1 amide bonds. The minimum atomic E-state index is -1.10. The number of amides is 1. The minimum absolute atomic E-state index is 0.0141. The Morgan fingerprint density at radius 2 is 1.86 bits per heavy atom. The molecule has 6 heteroatoms. The molecule has 1 atom stereocenters. The zero-order chi connectivity index (χ0) is 15.4. The standard InChI is InChI=1S/C15H14F2N2O2/c1-21-11-5-3-10(4-6-11)19-14(15(18)20)12-7-2-9(16)8-13(12)17/h2-8,14,19H,1H3,(H2,18,20). The summed E-state index contributed by atoms with van der Waals surface area (Å²) in [7, 11) is 1.53. The van der Waals surface area contributed by atoms with Gasteiger partial charge in [-0.05, 0) is 30.3 Å². The highest BCUT2D eigenvalue weighted by atomic mass is 19.1. The molecule has 0 aliphatic carbocycles. The number of rotatable bonds is 5. The lowest BCUT2D eigenvalue weighted by molar-refractivity contribution is -0.118. The van der Waals surface area contributed by atoms with Crippen molar-refractivity contribution in [1.82, 2.24) is 0 Å². The third kappa shape index (κ3) is 3.47. The van der Waals surface area contributed by atoms with Gasteiger partial charge >= 0.3 is 0 Å². The average molecular weight is 292 g/mol. The summed E-state index contributed by atoms with van der Waals surface area (Å²) in [6.07, 6.45) is 0. The van der Waals surface area contributed by atoms with E-state index in [0.717, 1.165) is 6.07 Å². The molecule has 0 saturated heterocycles. The smallest absolute Gasteiger partial charge is 0.244 e. The fraction of sp³-hybridized carbons (Fsp3) is 0.133. The highest BCUT2D eigenvalue weighted by Crippen LogP contribution is 2.24. The zero-order valence-electron chi connectivity index (χ0n) is 11.3. The van der Waals surface area contributed by atoms with E-state index >= 15 is 0 Å². The number of halogens is 2. The number of hydrogen-bond acceptors (Lipinski definition) is 3. The predicted octanol–water partition coefficient (Wildman–Crippen LogP) is 2.61. The second-order valence-electron chi connectivity index (χ2n) is 4.37. The van der Waals surface area contributed by atoms with Gasteiger partial charge in [-0.2, -0.15) is 0 Å². The Balaban J connectivity index is 2.28. The molecule has 0 bridgehead atoms. The molecular formula is C15H14F2N2O2. The summed E-state index contributed by atoms with van der Waals surface area (Å²) in [5.74, 6) is -1.68. The number of carbonyl (C=O) groups excluding carboxylic acids is 1. The molecular weight excluding hydrogens is 278 g/mol. The van der Waals surface area contributed by atoms with E-state index in [1.54, 1.807) is 24.3 Å². The van der Waals surface area contributed by atoms with Crippen LogP contribution in [0, 0.1) is 11.6 Å². The second-order valence-corrected chi connectivity index (χ2v) is 4.37. The molecule has 21 heavy (non-hydrogen) atoms. The molecule has 0 fully saturated rings. The fourth-order valence-corrected chi connectivity index (χ4v) is 1.89. The topological polar surface area (TPSA) is 64.3 Å². The van der Waals surface area contributed by atoms with Crippen LogP contribution in [0.15, 0.2) is 42.5 Å². The van der Waals surface area contributed by atoms with E-state index in [2.05, 4.69) is 5.32 Å². The first-order valence-electron chi connectivity index (χ1n) is 6.16. The van der Waals surface area contributed by atoms with Crippen LogP contribution in [0.2, 0.25) is 0 Å². The van der Waals surface area contributed by atoms with Crippen molar-refractivity contribution >= 4 is 11.6 Å². The molecule has 110 valence electrons. The molecule has 0 saturated carbocycles. The molecule has 0 spiro atoms. The number of primary amides is 1. The Kier molecular flexibility index (Phi) is 4.37. The molecule has 0 aliphatic rings. The van der Waals surface area contributed by atoms with Crippen LogP contribution in [0.1, 0.15) is 11.6 Å². The van der Waals surface area contributed by atoms with E-state index in [4.69, 9.17) is 10.5 Å². The van der Waals surface area contributed by atoms with Gasteiger partial charge in [0.1, 0.15) is 23.4 Å². The van der Waals surface area contributed by atoms with Gasteiger partial charge < -0.3 is 15.8 Å². The van der Waals surface area contributed by atoms with E-state index in [9.17, 15) is 13.6 Å². The monoisotopic (exact) mass is 292 g/mol. The van der Waals surface area contributed by atoms with Crippen molar-refractivity contribution in [3.8, 4) is 5.75 Å². The summed E-state index contributed by atoms with van der Waals surface area (Å²) in [5, 5.41) is 2.81. The Morgan fingerprint density at radius 3 is 2.38 bits per heavy atom. The highest BCUT2D eigenvalue weighted by Gasteiger charge is 2.21. The van der Waals surface area contributed by atoms with Crippen LogP contribution >= 0.6 is 0 Å². The summed E-state index contributed by atoms with van der Waals surface area (Å²) < 4.78 is 31.7. The van der Waals surface area contributed by atoms with Gasteiger partial charge in [-0.1, -0.05) is 6.07 Å². The molecule has 2 aromatic carbocycles. The summed E-state index contributed by atoms with van der Waals surface area (Å²) >= 11 is 0. The quantitative estimate of drug-likeness (QED) is 0.890. The average Bonchev–Trinajstić information content (AvgIpc) is 2.46. The van der Waals surface area contributed by atoms with Crippen molar-refractivity contribution in [1.29, 1.82) is 0 Å². The van der Waals surface area contributed by atoms with E-state index in [0.29, 0.717) is 17.5 Å². The summed E-state index contributed by atoms with van der Waals surface area (Å²) in [4.78, 5) is 11.5. The first-order chi connectivity index (χ1) is 10.0. The lowest BCUT2D eigenvalue weighted by Gasteiger charge is -2.18. The molecule has 0 aromatic heterocycles. The van der Waals surface area contributed by atoms with E-state index in [1.165, 1.54) is 13.2 Å². The normalized spacial score (nSPS) is 11.8. The maximum atomic E-state index is 13.8. The van der Waals surface area contributed by atoms with Gasteiger partial charge in [0.2, 0.25) is 5.91 Å². The van der Waals surface area contributed by atoms with Gasteiger partial charge in [0.05, 0.1) is 7.11 Å². The first-order valence-corrected chi connectivity index (χ1v) is 6.16. The molecule has 1 unspecified atom stereocenters. The Morgan fingerprint density at radius 1 is 1.19 bits per heavy atom. The van der Waals surface area contributed by atoms with Gasteiger partial charge in [0.25, 0.3) is 0 Å². The molecule has 2 aromatic rings. The first kappa shape index (κ1) is 14.8. The number of anilines is 1. The molecule has 3 N–H and O–H groups in total. The predicted molar refractivity (Wildman–Crippen MR) is 74.9 cm³/mol. The third-order valence-electron chi connectivity index (χ3n) is 2.96. The highest BCUT2D eigenvalue weighted by molar-refractivity contribution is 5.84. The molecule has 0 heterocycles. The Labute approximate surface area is 120 Å². The maximum Gasteiger partial charge on any atom is 0.244 e. The number of nitrogens with one attached hydrogen (secondary N) is 1. The molecule has 2 rings (SSSR count). The maximum absolute atomic E-state index is 13.8. The Hall–Kier alpha value is -2.63. The third-order valence-corrected chi connectivity index (χ3v) is 2.96. The van der Waals surface area contributed by atoms with Crippen LogP contribution in [0.3, 0.4) is 0 Å². The van der Waals surface area contributed by atoms with Crippen molar-refractivity contribution in [3.05, 3.63) is 59.7 Å². The SMILES string of the molecule is COc1ccc(NC(C(N)=O)c2ccc(F)cc2F)cc1. The summed E-state index contributed by atoms with van der Waals surface area (Å²) in [6, 6.07) is 8.57. The van der Waals surface area contributed by atoms with Gasteiger partial charge in [-0.25, -0.2) is 8.78 Å². The number of ether oxygens (including phenoxy) is 1. The van der Waals surface area contributed by atoms with Gasteiger partial charge in [-0.3, -0.25) is 4.79 Å². The van der Waals surface area contributed by atoms with Crippen molar-refractivity contribution < 1.29 is 18.3 Å². The van der Waals surface area contributed by atoms with Crippen molar-refractivity contribution in [2.24, 2.45) is 5.73 Å². The summed E-state index contributed by atoms with van der Waals surface area (Å²) in [5.41, 5.74) is 5.84. The minimum Gasteiger partial charge on any atom is -0.497 e. The molecule has 0 radical (unpaired) electrons.